The third-order valence-electron chi connectivity index (χ3n) is 8.05. The van der Waals surface area contributed by atoms with Crippen LogP contribution in [0.25, 0.3) is 22.1 Å². The van der Waals surface area contributed by atoms with Gasteiger partial charge in [0.1, 0.15) is 29.1 Å². The van der Waals surface area contributed by atoms with Crippen molar-refractivity contribution in [3.05, 3.63) is 112 Å². The van der Waals surface area contributed by atoms with Gasteiger partial charge in [0, 0.05) is 24.3 Å². The van der Waals surface area contributed by atoms with Gasteiger partial charge in [-0.25, -0.2) is 0 Å². The number of methoxy groups -OCH3 is 1. The van der Waals surface area contributed by atoms with Gasteiger partial charge in [0.05, 0.1) is 37.7 Å². The van der Waals surface area contributed by atoms with Gasteiger partial charge >= 0.3 is 5.97 Å². The van der Waals surface area contributed by atoms with Gasteiger partial charge in [0.2, 0.25) is 5.43 Å². The summed E-state index contributed by atoms with van der Waals surface area (Å²) in [5, 5.41) is 10.0. The van der Waals surface area contributed by atoms with Crippen molar-refractivity contribution in [3.8, 4) is 39.9 Å². The Morgan fingerprint density at radius 1 is 0.930 bits per heavy atom. The molecule has 0 amide bonds. The minimum Gasteiger partial charge on any atom is -0.508 e. The standard InChI is InChI=1S/C35H28O8/c1-39-31-17-22(5-10-29(31)41-14-12-20-2-9-28-23(16-20)13-15-40-28)26-18-32(37)43-30-11-8-25-34(38)27(19-42-35(25)33(26)30)21-3-6-24(36)7-4-21/h2-11,16-17,19,26,36H,12-15,18H2,1H3. The Hall–Kier alpha value is -5.24. The maximum Gasteiger partial charge on any atom is 0.312 e. The molecule has 2 aliphatic rings. The molecule has 0 spiro atoms. The van der Waals surface area contributed by atoms with Gasteiger partial charge in [0.15, 0.2) is 11.5 Å². The third kappa shape index (κ3) is 4.95. The van der Waals surface area contributed by atoms with Crippen LogP contribution in [0, 0.1) is 0 Å². The average Bonchev–Trinajstić information content (AvgIpc) is 3.49. The van der Waals surface area contributed by atoms with Crippen LogP contribution in [-0.4, -0.2) is 31.4 Å². The Morgan fingerprint density at radius 2 is 1.77 bits per heavy atom. The number of phenols is 1. The lowest BCUT2D eigenvalue weighted by Crippen LogP contribution is -2.22. The molecule has 0 saturated heterocycles. The summed E-state index contributed by atoms with van der Waals surface area (Å²) < 4.78 is 29.0. The van der Waals surface area contributed by atoms with E-state index in [9.17, 15) is 14.7 Å². The first kappa shape index (κ1) is 26.6. The molecule has 8 nitrogen and oxygen atoms in total. The summed E-state index contributed by atoms with van der Waals surface area (Å²) >= 11 is 0. The molecule has 43 heavy (non-hydrogen) atoms. The van der Waals surface area contributed by atoms with Crippen LogP contribution < -0.4 is 24.4 Å². The van der Waals surface area contributed by atoms with Crippen molar-refractivity contribution in [2.75, 3.05) is 20.3 Å². The Labute approximate surface area is 247 Å². The number of aromatic hydroxyl groups is 1. The number of carbonyl (C=O) groups is 1. The molecule has 4 aromatic carbocycles. The van der Waals surface area contributed by atoms with Crippen molar-refractivity contribution in [1.29, 1.82) is 0 Å². The van der Waals surface area contributed by atoms with E-state index in [4.69, 9.17) is 23.4 Å². The fraction of sp³-hybridized carbons (Fsp3) is 0.200. The second-order valence-electron chi connectivity index (χ2n) is 10.7. The predicted molar refractivity (Wildman–Crippen MR) is 160 cm³/mol. The number of hydrogen-bond donors (Lipinski definition) is 1. The van der Waals surface area contributed by atoms with E-state index < -0.39 is 5.92 Å². The van der Waals surface area contributed by atoms with Crippen LogP contribution in [0.3, 0.4) is 0 Å². The van der Waals surface area contributed by atoms with Gasteiger partial charge in [-0.1, -0.05) is 30.3 Å². The summed E-state index contributed by atoms with van der Waals surface area (Å²) in [6.45, 7) is 1.19. The summed E-state index contributed by atoms with van der Waals surface area (Å²) in [6, 6.07) is 21.5. The molecule has 0 bridgehead atoms. The Balaban J connectivity index is 1.19. The number of fused-ring (bicyclic) bond motifs is 4. The van der Waals surface area contributed by atoms with Gasteiger partial charge in [0.25, 0.3) is 0 Å². The van der Waals surface area contributed by atoms with Crippen molar-refractivity contribution >= 4 is 16.9 Å². The van der Waals surface area contributed by atoms with Gasteiger partial charge in [-0.3, -0.25) is 9.59 Å². The summed E-state index contributed by atoms with van der Waals surface area (Å²) in [5.74, 6) is 1.74. The number of hydrogen-bond acceptors (Lipinski definition) is 8. The molecule has 0 fully saturated rings. The molecule has 1 atom stereocenters. The van der Waals surface area contributed by atoms with E-state index in [1.54, 1.807) is 31.4 Å². The van der Waals surface area contributed by atoms with Crippen molar-refractivity contribution in [1.82, 2.24) is 0 Å². The van der Waals surface area contributed by atoms with Crippen molar-refractivity contribution in [2.24, 2.45) is 0 Å². The molecule has 7 rings (SSSR count). The molecule has 5 aromatic rings. The van der Waals surface area contributed by atoms with Crippen molar-refractivity contribution in [2.45, 2.75) is 25.2 Å². The van der Waals surface area contributed by atoms with Crippen LogP contribution in [-0.2, 0) is 17.6 Å². The topological polar surface area (TPSA) is 104 Å². The average molecular weight is 577 g/mol. The highest BCUT2D eigenvalue weighted by atomic mass is 16.5. The van der Waals surface area contributed by atoms with Gasteiger partial charge in [-0.2, -0.15) is 0 Å². The van der Waals surface area contributed by atoms with Crippen LogP contribution in [0.5, 0.6) is 28.7 Å². The fourth-order valence-corrected chi connectivity index (χ4v) is 5.87. The predicted octanol–water partition coefficient (Wildman–Crippen LogP) is 6.17. The number of ether oxygens (including phenoxy) is 4. The zero-order valence-corrected chi connectivity index (χ0v) is 23.4. The quantitative estimate of drug-likeness (QED) is 0.181. The highest BCUT2D eigenvalue weighted by Gasteiger charge is 2.33. The van der Waals surface area contributed by atoms with E-state index in [2.05, 4.69) is 12.1 Å². The molecule has 0 aliphatic carbocycles. The highest BCUT2D eigenvalue weighted by Crippen LogP contribution is 2.44. The minimum atomic E-state index is -0.431. The SMILES string of the molecule is COc1cc(C2CC(=O)Oc3ccc4c(=O)c(-c5ccc(O)cc5)coc4c32)ccc1OCCc1ccc2c(c1)CCO2. The smallest absolute Gasteiger partial charge is 0.312 e. The molecule has 216 valence electrons. The van der Waals surface area contributed by atoms with Gasteiger partial charge in [-0.15, -0.1) is 0 Å². The summed E-state index contributed by atoms with van der Waals surface area (Å²) in [7, 11) is 1.58. The summed E-state index contributed by atoms with van der Waals surface area (Å²) in [4.78, 5) is 26.2. The second-order valence-corrected chi connectivity index (χ2v) is 10.7. The van der Waals surface area contributed by atoms with Crippen LogP contribution in [0.1, 0.15) is 34.6 Å². The van der Waals surface area contributed by atoms with Crippen molar-refractivity contribution in [3.63, 3.8) is 0 Å². The van der Waals surface area contributed by atoms with E-state index in [-0.39, 0.29) is 23.6 Å². The Morgan fingerprint density at radius 3 is 2.60 bits per heavy atom. The van der Waals surface area contributed by atoms with E-state index in [0.717, 1.165) is 30.8 Å². The van der Waals surface area contributed by atoms with Crippen LogP contribution in [0.15, 0.2) is 88.3 Å². The van der Waals surface area contributed by atoms with E-state index in [1.807, 2.05) is 24.3 Å². The maximum absolute atomic E-state index is 13.5. The maximum atomic E-state index is 13.5. The first-order valence-electron chi connectivity index (χ1n) is 14.1. The zero-order valence-electron chi connectivity index (χ0n) is 23.4. The second kappa shape index (κ2) is 10.9. The Kier molecular flexibility index (Phi) is 6.74. The normalized spacial score (nSPS) is 15.4. The summed E-state index contributed by atoms with van der Waals surface area (Å²) in [6.07, 6.45) is 3.14. The molecule has 0 saturated carbocycles. The molecule has 2 aliphatic heterocycles. The summed E-state index contributed by atoms with van der Waals surface area (Å²) in [5.41, 5.74) is 4.98. The number of benzene rings is 4. The van der Waals surface area contributed by atoms with Crippen LogP contribution in [0.2, 0.25) is 0 Å². The zero-order chi connectivity index (χ0) is 29.5. The molecule has 8 heteroatoms. The lowest BCUT2D eigenvalue weighted by molar-refractivity contribution is -0.135. The first-order chi connectivity index (χ1) is 21.0. The molecule has 1 N–H and O–H groups in total. The third-order valence-corrected chi connectivity index (χ3v) is 8.05. The molecule has 3 heterocycles. The van der Waals surface area contributed by atoms with Crippen LogP contribution >= 0.6 is 0 Å². The number of esters is 1. The number of carbonyl (C=O) groups excluding carboxylic acids is 1. The van der Waals surface area contributed by atoms with Crippen molar-refractivity contribution < 1.29 is 33.3 Å². The Bertz CT molecular complexity index is 1920. The molecule has 1 unspecified atom stereocenters. The lowest BCUT2D eigenvalue weighted by Gasteiger charge is -2.26. The largest absolute Gasteiger partial charge is 0.508 e. The fourth-order valence-electron chi connectivity index (χ4n) is 5.87. The van der Waals surface area contributed by atoms with Gasteiger partial charge < -0.3 is 28.5 Å². The molecular formula is C35H28O8. The van der Waals surface area contributed by atoms with Crippen LogP contribution in [0.4, 0.5) is 0 Å². The number of phenolic OH excluding ortho intramolecular Hbond substituents is 1. The van der Waals surface area contributed by atoms with E-state index in [1.165, 1.54) is 29.5 Å². The first-order valence-corrected chi connectivity index (χ1v) is 14.1. The van der Waals surface area contributed by atoms with Gasteiger partial charge in [-0.05, 0) is 64.7 Å². The van der Waals surface area contributed by atoms with E-state index >= 15 is 0 Å². The molecular weight excluding hydrogens is 548 g/mol. The van der Waals surface area contributed by atoms with E-state index in [0.29, 0.717) is 51.5 Å². The molecule has 1 aromatic heterocycles. The monoisotopic (exact) mass is 576 g/mol. The highest BCUT2D eigenvalue weighted by molar-refractivity contribution is 5.90. The number of rotatable bonds is 7. The minimum absolute atomic E-state index is 0.0704. The molecule has 0 radical (unpaired) electrons. The lowest BCUT2D eigenvalue weighted by atomic mass is 9.85.